The van der Waals surface area contributed by atoms with Crippen LogP contribution in [-0.4, -0.2) is 25.4 Å². The van der Waals surface area contributed by atoms with Crippen molar-refractivity contribution in [1.29, 1.82) is 0 Å². The molecule has 1 aromatic carbocycles. The second kappa shape index (κ2) is 7.73. The van der Waals surface area contributed by atoms with Gasteiger partial charge < -0.3 is 14.8 Å². The molecule has 1 saturated heterocycles. The number of aryl methyl sites for hydroxylation is 1. The normalized spacial score (nSPS) is 15.0. The first-order valence-electron chi connectivity index (χ1n) is 7.86. The summed E-state index contributed by atoms with van der Waals surface area (Å²) in [4.78, 5) is 14.4. The van der Waals surface area contributed by atoms with Gasteiger partial charge in [0.15, 0.2) is 6.29 Å². The highest BCUT2D eigenvalue weighted by atomic mass is 32.1. The Morgan fingerprint density at radius 3 is 2.57 bits per heavy atom. The van der Waals surface area contributed by atoms with Gasteiger partial charge in [-0.1, -0.05) is 24.3 Å². The number of carbonyl (C=O) groups excluding carboxylic acids is 1. The van der Waals surface area contributed by atoms with Crippen LogP contribution in [0.2, 0.25) is 0 Å². The first-order chi connectivity index (χ1) is 11.2. The van der Waals surface area contributed by atoms with E-state index < -0.39 is 0 Å². The summed E-state index contributed by atoms with van der Waals surface area (Å²) in [5, 5.41) is 2.94. The number of rotatable bonds is 6. The Morgan fingerprint density at radius 2 is 1.91 bits per heavy atom. The maximum atomic E-state index is 11.8. The Kier molecular flexibility index (Phi) is 5.43. The molecule has 23 heavy (non-hydrogen) atoms. The van der Waals surface area contributed by atoms with Crippen molar-refractivity contribution < 1.29 is 14.3 Å². The minimum atomic E-state index is -0.214. The van der Waals surface area contributed by atoms with Crippen molar-refractivity contribution in [2.75, 3.05) is 13.2 Å². The van der Waals surface area contributed by atoms with Gasteiger partial charge in [0.25, 0.3) is 0 Å². The highest BCUT2D eigenvalue weighted by Gasteiger charge is 2.16. The van der Waals surface area contributed by atoms with Crippen LogP contribution in [0.3, 0.4) is 0 Å². The number of hydrogen-bond donors (Lipinski definition) is 1. The van der Waals surface area contributed by atoms with Crippen molar-refractivity contribution in [3.05, 3.63) is 46.8 Å². The van der Waals surface area contributed by atoms with Crippen molar-refractivity contribution in [2.45, 2.75) is 32.6 Å². The van der Waals surface area contributed by atoms with Crippen molar-refractivity contribution >= 4 is 17.2 Å². The second-order valence-electron chi connectivity index (χ2n) is 5.59. The van der Waals surface area contributed by atoms with Gasteiger partial charge in [-0.25, -0.2) is 0 Å². The van der Waals surface area contributed by atoms with Crippen LogP contribution in [0.5, 0.6) is 0 Å². The largest absolute Gasteiger partial charge is 0.352 e. The third-order valence-corrected chi connectivity index (χ3v) is 4.82. The van der Waals surface area contributed by atoms with Gasteiger partial charge in [-0.05, 0) is 30.2 Å². The summed E-state index contributed by atoms with van der Waals surface area (Å²) >= 11 is 1.79. The van der Waals surface area contributed by atoms with Gasteiger partial charge in [0.1, 0.15) is 0 Å². The number of amides is 1. The lowest BCUT2D eigenvalue weighted by atomic mass is 10.1. The van der Waals surface area contributed by atoms with E-state index in [-0.39, 0.29) is 12.2 Å². The fourth-order valence-electron chi connectivity index (χ4n) is 2.49. The van der Waals surface area contributed by atoms with E-state index in [0.29, 0.717) is 32.6 Å². The zero-order valence-electron chi connectivity index (χ0n) is 13.2. The molecule has 0 aliphatic carbocycles. The van der Waals surface area contributed by atoms with Gasteiger partial charge in [0.05, 0.1) is 13.2 Å². The van der Waals surface area contributed by atoms with Gasteiger partial charge in [-0.2, -0.15) is 0 Å². The molecule has 0 atom stereocenters. The molecule has 122 valence electrons. The average Bonchev–Trinajstić information content (AvgIpc) is 3.23. The van der Waals surface area contributed by atoms with Gasteiger partial charge >= 0.3 is 0 Å². The Labute approximate surface area is 140 Å². The van der Waals surface area contributed by atoms with Crippen LogP contribution >= 0.6 is 11.3 Å². The minimum absolute atomic E-state index is 0.0297. The van der Waals surface area contributed by atoms with Crippen LogP contribution in [0, 0.1) is 6.92 Å². The van der Waals surface area contributed by atoms with Crippen LogP contribution in [0.1, 0.15) is 23.3 Å². The molecule has 1 aromatic heterocycles. The van der Waals surface area contributed by atoms with Crippen LogP contribution in [0.25, 0.3) is 10.4 Å². The lowest BCUT2D eigenvalue weighted by Gasteiger charge is -2.09. The predicted octanol–water partition coefficient (Wildman–Crippen LogP) is 3.49. The number of hydrogen-bond acceptors (Lipinski definition) is 4. The molecule has 1 N–H and O–H groups in total. The van der Waals surface area contributed by atoms with Crippen molar-refractivity contribution in [3.63, 3.8) is 0 Å². The zero-order chi connectivity index (χ0) is 16.1. The van der Waals surface area contributed by atoms with Crippen LogP contribution in [0.4, 0.5) is 0 Å². The number of carbonyl (C=O) groups is 1. The molecule has 0 radical (unpaired) electrons. The standard InChI is InChI=1S/C18H21NO3S/c1-13-2-7-16(23-13)15-5-3-14(4-6-15)12-19-17(20)8-9-18-21-10-11-22-18/h2-7,18H,8-12H2,1H3,(H,19,20). The van der Waals surface area contributed by atoms with Gasteiger partial charge in [-0.15, -0.1) is 11.3 Å². The fourth-order valence-corrected chi connectivity index (χ4v) is 3.36. The minimum Gasteiger partial charge on any atom is -0.352 e. The Balaban J connectivity index is 1.45. The van der Waals surface area contributed by atoms with E-state index in [1.165, 1.54) is 15.3 Å². The summed E-state index contributed by atoms with van der Waals surface area (Å²) in [5.41, 5.74) is 2.32. The van der Waals surface area contributed by atoms with Crippen LogP contribution < -0.4 is 5.32 Å². The summed E-state index contributed by atoms with van der Waals surface area (Å²) in [7, 11) is 0. The number of nitrogens with one attached hydrogen (secondary N) is 1. The average molecular weight is 331 g/mol. The molecule has 1 fully saturated rings. The maximum absolute atomic E-state index is 11.8. The molecule has 1 aliphatic rings. The first kappa shape index (κ1) is 16.2. The highest BCUT2D eigenvalue weighted by molar-refractivity contribution is 7.15. The van der Waals surface area contributed by atoms with Crippen molar-refractivity contribution in [2.24, 2.45) is 0 Å². The molecule has 1 amide bonds. The van der Waals surface area contributed by atoms with E-state index in [4.69, 9.17) is 9.47 Å². The SMILES string of the molecule is Cc1ccc(-c2ccc(CNC(=O)CCC3OCCO3)cc2)s1. The molecule has 4 nitrogen and oxygen atoms in total. The first-order valence-corrected chi connectivity index (χ1v) is 8.68. The molecule has 1 aliphatic heterocycles. The van der Waals surface area contributed by atoms with Crippen LogP contribution in [0.15, 0.2) is 36.4 Å². The Hall–Kier alpha value is -1.69. The molecule has 3 rings (SSSR count). The van der Waals surface area contributed by atoms with E-state index in [2.05, 4.69) is 48.6 Å². The number of benzene rings is 1. The molecule has 0 unspecified atom stereocenters. The summed E-state index contributed by atoms with van der Waals surface area (Å²) in [5.74, 6) is 0.0297. The molecule has 2 heterocycles. The Morgan fingerprint density at radius 1 is 1.17 bits per heavy atom. The molecule has 5 heteroatoms. The molecule has 0 saturated carbocycles. The molecule has 2 aromatic rings. The number of ether oxygens (including phenoxy) is 2. The lowest BCUT2D eigenvalue weighted by molar-refractivity contribution is -0.123. The van der Waals surface area contributed by atoms with E-state index in [1.807, 2.05) is 0 Å². The Bertz CT molecular complexity index is 645. The van der Waals surface area contributed by atoms with E-state index in [1.54, 1.807) is 11.3 Å². The summed E-state index contributed by atoms with van der Waals surface area (Å²) < 4.78 is 10.6. The predicted molar refractivity (Wildman–Crippen MR) is 91.3 cm³/mol. The zero-order valence-corrected chi connectivity index (χ0v) is 14.0. The molecular weight excluding hydrogens is 310 g/mol. The smallest absolute Gasteiger partial charge is 0.220 e. The van der Waals surface area contributed by atoms with Crippen LogP contribution in [-0.2, 0) is 20.8 Å². The third-order valence-electron chi connectivity index (χ3n) is 3.77. The summed E-state index contributed by atoms with van der Waals surface area (Å²) in [6.45, 7) is 3.92. The molecule has 0 spiro atoms. The monoisotopic (exact) mass is 331 g/mol. The highest BCUT2D eigenvalue weighted by Crippen LogP contribution is 2.27. The van der Waals surface area contributed by atoms with Gasteiger partial charge in [0, 0.05) is 29.1 Å². The maximum Gasteiger partial charge on any atom is 0.220 e. The van der Waals surface area contributed by atoms with Gasteiger partial charge in [-0.3, -0.25) is 4.79 Å². The van der Waals surface area contributed by atoms with Crippen molar-refractivity contribution in [1.82, 2.24) is 5.32 Å². The van der Waals surface area contributed by atoms with E-state index in [9.17, 15) is 4.79 Å². The van der Waals surface area contributed by atoms with E-state index >= 15 is 0 Å². The van der Waals surface area contributed by atoms with Crippen molar-refractivity contribution in [3.8, 4) is 10.4 Å². The van der Waals surface area contributed by atoms with E-state index in [0.717, 1.165) is 5.56 Å². The second-order valence-corrected chi connectivity index (χ2v) is 6.88. The number of thiophene rings is 1. The quantitative estimate of drug-likeness (QED) is 0.881. The summed E-state index contributed by atoms with van der Waals surface area (Å²) in [6, 6.07) is 12.6. The summed E-state index contributed by atoms with van der Waals surface area (Å²) in [6.07, 6.45) is 0.828. The fraction of sp³-hybridized carbons (Fsp3) is 0.389. The third kappa shape index (κ3) is 4.64. The lowest BCUT2D eigenvalue weighted by Crippen LogP contribution is -2.24. The topological polar surface area (TPSA) is 47.6 Å². The molecule has 0 bridgehead atoms. The molecular formula is C18H21NO3S. The van der Waals surface area contributed by atoms with Gasteiger partial charge in [0.2, 0.25) is 5.91 Å².